The molecule has 2 unspecified atom stereocenters. The number of thioether (sulfide) groups is 1. The smallest absolute Gasteiger partial charge is 0.309 e. The van der Waals surface area contributed by atoms with E-state index < -0.39 is 5.51 Å². The van der Waals surface area contributed by atoms with Crippen LogP contribution in [0.15, 0.2) is 29.2 Å². The first-order chi connectivity index (χ1) is 9.32. The van der Waals surface area contributed by atoms with Gasteiger partial charge in [-0.2, -0.15) is 13.2 Å². The molecule has 1 aromatic carbocycles. The average molecular weight is 304 g/mol. The van der Waals surface area contributed by atoms with Gasteiger partial charge in [0.15, 0.2) is 0 Å². The van der Waals surface area contributed by atoms with Crippen molar-refractivity contribution in [1.29, 1.82) is 0 Å². The fourth-order valence-electron chi connectivity index (χ4n) is 2.62. The molecular formula is C14H19F3N2S. The average Bonchev–Trinajstić information content (AvgIpc) is 2.28. The van der Waals surface area contributed by atoms with Crippen molar-refractivity contribution in [3.8, 4) is 0 Å². The highest BCUT2D eigenvalue weighted by Crippen LogP contribution is 2.36. The van der Waals surface area contributed by atoms with Crippen LogP contribution in [0.5, 0.6) is 0 Å². The Bertz CT molecular complexity index is 423. The fraction of sp³-hybridized carbons (Fsp3) is 0.571. The Labute approximate surface area is 121 Å². The summed E-state index contributed by atoms with van der Waals surface area (Å²) in [6, 6.07) is 7.54. The summed E-state index contributed by atoms with van der Waals surface area (Å²) in [6.45, 7) is 7.00. The maximum atomic E-state index is 12.2. The van der Waals surface area contributed by atoms with Crippen LogP contribution in [0, 0.1) is 0 Å². The molecule has 2 atom stereocenters. The van der Waals surface area contributed by atoms with Gasteiger partial charge in [-0.25, -0.2) is 0 Å². The van der Waals surface area contributed by atoms with Crippen LogP contribution in [0.4, 0.5) is 13.2 Å². The van der Waals surface area contributed by atoms with E-state index in [-0.39, 0.29) is 16.7 Å². The number of rotatable bonds is 3. The number of halogens is 3. The molecule has 1 N–H and O–H groups in total. The number of nitrogens with one attached hydrogen (secondary N) is 1. The summed E-state index contributed by atoms with van der Waals surface area (Å²) in [5, 5.41) is 3.46. The number of hydrogen-bond donors (Lipinski definition) is 1. The zero-order valence-electron chi connectivity index (χ0n) is 11.6. The molecule has 0 aliphatic carbocycles. The van der Waals surface area contributed by atoms with Crippen LogP contribution >= 0.6 is 11.8 Å². The van der Waals surface area contributed by atoms with E-state index in [0.29, 0.717) is 12.1 Å². The summed E-state index contributed by atoms with van der Waals surface area (Å²) < 4.78 is 36.7. The van der Waals surface area contributed by atoms with Gasteiger partial charge < -0.3 is 5.32 Å². The van der Waals surface area contributed by atoms with Crippen LogP contribution < -0.4 is 5.32 Å². The molecule has 1 saturated heterocycles. The Morgan fingerprint density at radius 3 is 2.20 bits per heavy atom. The molecule has 2 rings (SSSR count). The maximum absolute atomic E-state index is 12.2. The molecule has 20 heavy (non-hydrogen) atoms. The standard InChI is InChI=1S/C14H19F3N2S/c1-10-7-19(8-11(2)18-10)9-12-3-5-13(6-4-12)20-14(15,16)17/h3-6,10-11,18H,7-9H2,1-2H3. The van der Waals surface area contributed by atoms with Crippen LogP contribution in [-0.2, 0) is 6.54 Å². The fourth-order valence-corrected chi connectivity index (χ4v) is 3.16. The molecule has 2 nitrogen and oxygen atoms in total. The molecule has 6 heteroatoms. The van der Waals surface area contributed by atoms with Gasteiger partial charge in [0, 0.05) is 36.6 Å². The van der Waals surface area contributed by atoms with Crippen LogP contribution in [0.1, 0.15) is 19.4 Å². The molecule has 1 fully saturated rings. The lowest BCUT2D eigenvalue weighted by Crippen LogP contribution is -2.53. The quantitative estimate of drug-likeness (QED) is 0.861. The van der Waals surface area contributed by atoms with Crippen molar-refractivity contribution < 1.29 is 13.2 Å². The molecule has 0 bridgehead atoms. The first kappa shape index (κ1) is 15.7. The molecule has 112 valence electrons. The molecule has 1 heterocycles. The third-order valence-electron chi connectivity index (χ3n) is 3.20. The molecule has 0 spiro atoms. The largest absolute Gasteiger partial charge is 0.446 e. The Morgan fingerprint density at radius 1 is 1.15 bits per heavy atom. The van der Waals surface area contributed by atoms with E-state index in [4.69, 9.17) is 0 Å². The van der Waals surface area contributed by atoms with Crippen LogP contribution in [0.25, 0.3) is 0 Å². The molecule has 1 aliphatic rings. The summed E-state index contributed by atoms with van der Waals surface area (Å²) in [4.78, 5) is 2.57. The summed E-state index contributed by atoms with van der Waals surface area (Å²) in [7, 11) is 0. The van der Waals surface area contributed by atoms with Crippen molar-refractivity contribution in [2.24, 2.45) is 0 Å². The third-order valence-corrected chi connectivity index (χ3v) is 3.94. The minimum atomic E-state index is -4.22. The van der Waals surface area contributed by atoms with E-state index in [9.17, 15) is 13.2 Å². The number of hydrogen-bond acceptors (Lipinski definition) is 3. The molecule has 0 amide bonds. The number of nitrogens with zero attached hydrogens (tertiary/aromatic N) is 1. The van der Waals surface area contributed by atoms with Crippen LogP contribution in [0.2, 0.25) is 0 Å². The van der Waals surface area contributed by atoms with Gasteiger partial charge in [0.05, 0.1) is 0 Å². The zero-order valence-corrected chi connectivity index (χ0v) is 12.4. The first-order valence-corrected chi connectivity index (χ1v) is 7.46. The molecule has 0 aromatic heterocycles. The van der Waals surface area contributed by atoms with E-state index in [1.54, 1.807) is 24.3 Å². The lowest BCUT2D eigenvalue weighted by atomic mass is 10.1. The van der Waals surface area contributed by atoms with Gasteiger partial charge in [-0.3, -0.25) is 4.90 Å². The lowest BCUT2D eigenvalue weighted by Gasteiger charge is -2.36. The minimum absolute atomic E-state index is 0.0673. The van der Waals surface area contributed by atoms with Gasteiger partial charge in [-0.05, 0) is 43.3 Å². The molecule has 0 saturated carbocycles. The van der Waals surface area contributed by atoms with Gasteiger partial charge >= 0.3 is 5.51 Å². The molecule has 0 radical (unpaired) electrons. The van der Waals surface area contributed by atoms with Gasteiger partial charge in [0.1, 0.15) is 0 Å². The second-order valence-corrected chi connectivity index (χ2v) is 6.49. The van der Waals surface area contributed by atoms with Gasteiger partial charge in [0.2, 0.25) is 0 Å². The van der Waals surface area contributed by atoms with Crippen molar-refractivity contribution in [1.82, 2.24) is 10.2 Å². The highest BCUT2D eigenvalue weighted by molar-refractivity contribution is 8.00. The van der Waals surface area contributed by atoms with Gasteiger partial charge in [0.25, 0.3) is 0 Å². The highest BCUT2D eigenvalue weighted by Gasteiger charge is 2.29. The van der Waals surface area contributed by atoms with Gasteiger partial charge in [-0.15, -0.1) is 0 Å². The number of piperazine rings is 1. The van der Waals surface area contributed by atoms with E-state index in [0.717, 1.165) is 25.2 Å². The van der Waals surface area contributed by atoms with Crippen LogP contribution in [0.3, 0.4) is 0 Å². The minimum Gasteiger partial charge on any atom is -0.309 e. The van der Waals surface area contributed by atoms with Crippen molar-refractivity contribution >= 4 is 11.8 Å². The third kappa shape index (κ3) is 5.00. The Morgan fingerprint density at radius 2 is 1.70 bits per heavy atom. The zero-order chi connectivity index (χ0) is 14.8. The molecular weight excluding hydrogens is 285 g/mol. The normalized spacial score (nSPS) is 24.9. The predicted molar refractivity (Wildman–Crippen MR) is 75.7 cm³/mol. The first-order valence-electron chi connectivity index (χ1n) is 6.65. The summed E-state index contributed by atoms with van der Waals surface area (Å²) >= 11 is -0.0673. The maximum Gasteiger partial charge on any atom is 0.446 e. The Hall–Kier alpha value is -0.720. The second-order valence-electron chi connectivity index (χ2n) is 5.35. The summed E-state index contributed by atoms with van der Waals surface area (Å²) in [5.74, 6) is 0. The van der Waals surface area contributed by atoms with Crippen molar-refractivity contribution in [2.75, 3.05) is 13.1 Å². The van der Waals surface area contributed by atoms with Crippen molar-refractivity contribution in [3.63, 3.8) is 0 Å². The Kier molecular flexibility index (Phi) is 4.99. The monoisotopic (exact) mass is 304 g/mol. The highest BCUT2D eigenvalue weighted by atomic mass is 32.2. The van der Waals surface area contributed by atoms with E-state index >= 15 is 0 Å². The SMILES string of the molecule is CC1CN(Cc2ccc(SC(F)(F)F)cc2)CC(C)N1. The van der Waals surface area contributed by atoms with Crippen LogP contribution in [-0.4, -0.2) is 35.6 Å². The van der Waals surface area contributed by atoms with Gasteiger partial charge in [-0.1, -0.05) is 12.1 Å². The second kappa shape index (κ2) is 6.37. The van der Waals surface area contributed by atoms with E-state index in [2.05, 4.69) is 24.1 Å². The van der Waals surface area contributed by atoms with Crippen molar-refractivity contribution in [2.45, 2.75) is 42.9 Å². The lowest BCUT2D eigenvalue weighted by molar-refractivity contribution is -0.0328. The predicted octanol–water partition coefficient (Wildman–Crippen LogP) is 3.48. The summed E-state index contributed by atoms with van der Waals surface area (Å²) in [6.07, 6.45) is 0. The topological polar surface area (TPSA) is 15.3 Å². The number of benzene rings is 1. The Balaban J connectivity index is 1.93. The van der Waals surface area contributed by atoms with E-state index in [1.807, 2.05) is 0 Å². The molecule has 1 aromatic rings. The molecule has 1 aliphatic heterocycles. The summed E-state index contributed by atoms with van der Waals surface area (Å²) in [5.41, 5.74) is -3.16. The number of alkyl halides is 3. The van der Waals surface area contributed by atoms with E-state index in [1.165, 1.54) is 0 Å². The van der Waals surface area contributed by atoms with Crippen molar-refractivity contribution in [3.05, 3.63) is 29.8 Å².